The van der Waals surface area contributed by atoms with Gasteiger partial charge < -0.3 is 14.4 Å². The van der Waals surface area contributed by atoms with Crippen LogP contribution < -0.4 is 14.4 Å². The number of hydrogen-bond donors (Lipinski definition) is 0. The minimum absolute atomic E-state index is 0.335. The largest absolute Gasteiger partial charge is 0.454 e. The van der Waals surface area contributed by atoms with Crippen molar-refractivity contribution < 1.29 is 14.3 Å². The Morgan fingerprint density at radius 2 is 1.79 bits per heavy atom. The van der Waals surface area contributed by atoms with Crippen LogP contribution in [0.1, 0.15) is 58.3 Å². The quantitative estimate of drug-likeness (QED) is 0.643. The minimum atomic E-state index is 0.335. The number of para-hydroxylation sites is 1. The highest BCUT2D eigenvalue weighted by Crippen LogP contribution is 2.41. The molecule has 1 aromatic rings. The average molecular weight is 401 g/mol. The number of ether oxygens (including phenoxy) is 2. The van der Waals surface area contributed by atoms with E-state index in [-0.39, 0.29) is 0 Å². The van der Waals surface area contributed by atoms with E-state index in [9.17, 15) is 4.79 Å². The smallest absolute Gasteiger partial charge is 0.231 e. The summed E-state index contributed by atoms with van der Waals surface area (Å²) in [5.74, 6) is 3.78. The summed E-state index contributed by atoms with van der Waals surface area (Å²) in [5.41, 5.74) is 1.18. The second kappa shape index (κ2) is 9.84. The van der Waals surface area contributed by atoms with Gasteiger partial charge in [0.15, 0.2) is 11.5 Å². The number of rotatable bonds is 8. The van der Waals surface area contributed by atoms with E-state index in [0.717, 1.165) is 62.9 Å². The van der Waals surface area contributed by atoms with Crippen molar-refractivity contribution in [2.75, 3.05) is 44.4 Å². The highest BCUT2D eigenvalue weighted by molar-refractivity contribution is 5.78. The van der Waals surface area contributed by atoms with Crippen molar-refractivity contribution in [1.29, 1.82) is 0 Å². The van der Waals surface area contributed by atoms with Crippen LogP contribution in [0.3, 0.4) is 0 Å². The second-order valence-corrected chi connectivity index (χ2v) is 9.01. The number of hydrogen-bond acceptors (Lipinski definition) is 5. The third-order valence-electron chi connectivity index (χ3n) is 6.95. The van der Waals surface area contributed by atoms with E-state index >= 15 is 0 Å². The molecule has 29 heavy (non-hydrogen) atoms. The predicted molar refractivity (Wildman–Crippen MR) is 116 cm³/mol. The molecule has 0 spiro atoms. The van der Waals surface area contributed by atoms with Crippen LogP contribution in [-0.2, 0) is 4.79 Å². The summed E-state index contributed by atoms with van der Waals surface area (Å²) in [4.78, 5) is 16.9. The minimum Gasteiger partial charge on any atom is -0.454 e. The van der Waals surface area contributed by atoms with E-state index in [0.29, 0.717) is 18.5 Å². The maximum absolute atomic E-state index is 11.9. The number of fused-ring (bicyclic) bond motifs is 1. The zero-order chi connectivity index (χ0) is 20.1. The van der Waals surface area contributed by atoms with E-state index in [1.807, 2.05) is 6.07 Å². The van der Waals surface area contributed by atoms with E-state index in [1.165, 1.54) is 44.3 Å². The molecule has 0 aromatic heterocycles. The number of carbonyl (C=O) groups is 1. The molecule has 1 saturated heterocycles. The fraction of sp³-hybridized carbons (Fsp3) is 0.708. The van der Waals surface area contributed by atoms with Crippen LogP contribution in [-0.4, -0.2) is 50.2 Å². The predicted octanol–water partition coefficient (Wildman–Crippen LogP) is 4.49. The molecular formula is C24H36N2O3. The van der Waals surface area contributed by atoms with Gasteiger partial charge in [-0.1, -0.05) is 25.8 Å². The lowest BCUT2D eigenvalue weighted by Gasteiger charge is -2.37. The molecule has 4 rings (SSSR count). The molecule has 2 aliphatic heterocycles. The summed E-state index contributed by atoms with van der Waals surface area (Å²) < 4.78 is 11.2. The first-order valence-corrected chi connectivity index (χ1v) is 11.6. The van der Waals surface area contributed by atoms with Crippen molar-refractivity contribution in [1.82, 2.24) is 4.90 Å². The molecule has 5 nitrogen and oxygen atoms in total. The molecule has 160 valence electrons. The Hall–Kier alpha value is -1.75. The van der Waals surface area contributed by atoms with E-state index in [1.54, 1.807) is 0 Å². The molecule has 0 N–H and O–H groups in total. The summed E-state index contributed by atoms with van der Waals surface area (Å²) in [6.45, 7) is 7.98. The van der Waals surface area contributed by atoms with Gasteiger partial charge >= 0.3 is 0 Å². The topological polar surface area (TPSA) is 42.0 Å². The van der Waals surface area contributed by atoms with Crippen molar-refractivity contribution in [2.24, 2.45) is 11.8 Å². The van der Waals surface area contributed by atoms with Crippen LogP contribution in [0.15, 0.2) is 18.2 Å². The Balaban J connectivity index is 1.16. The Kier molecular flexibility index (Phi) is 6.96. The van der Waals surface area contributed by atoms with E-state index in [2.05, 4.69) is 28.9 Å². The SMILES string of the molecule is CCCC(=O)CC1CCC(CCN2CCN(c3cccc4c3OCO4)CC2)CC1. The number of piperazine rings is 1. The number of anilines is 1. The molecule has 2 fully saturated rings. The summed E-state index contributed by atoms with van der Waals surface area (Å²) >= 11 is 0. The lowest BCUT2D eigenvalue weighted by molar-refractivity contribution is -0.120. The first-order chi connectivity index (χ1) is 14.2. The Labute approximate surface area is 175 Å². The first-order valence-electron chi connectivity index (χ1n) is 11.6. The second-order valence-electron chi connectivity index (χ2n) is 9.01. The highest BCUT2D eigenvalue weighted by atomic mass is 16.7. The Bertz CT molecular complexity index is 677. The molecule has 0 bridgehead atoms. The van der Waals surface area contributed by atoms with E-state index in [4.69, 9.17) is 9.47 Å². The van der Waals surface area contributed by atoms with Crippen LogP contribution in [0.5, 0.6) is 11.5 Å². The molecule has 0 amide bonds. The van der Waals surface area contributed by atoms with Crippen molar-refractivity contribution in [3.05, 3.63) is 18.2 Å². The fourth-order valence-electron chi connectivity index (χ4n) is 5.17. The zero-order valence-corrected chi connectivity index (χ0v) is 17.9. The molecule has 2 heterocycles. The Morgan fingerprint density at radius 1 is 1.03 bits per heavy atom. The standard InChI is InChI=1S/C24H36N2O3/c1-2-4-21(27)17-20-9-7-19(8-10-20)11-12-25-13-15-26(16-14-25)22-5-3-6-23-24(22)29-18-28-23/h3,5-6,19-20H,2,4,7-18H2,1H3. The average Bonchev–Trinajstić information content (AvgIpc) is 3.23. The van der Waals surface area contributed by atoms with Crippen LogP contribution in [0.2, 0.25) is 0 Å². The monoisotopic (exact) mass is 400 g/mol. The van der Waals surface area contributed by atoms with Gasteiger partial charge in [0, 0.05) is 39.0 Å². The number of carbonyl (C=O) groups excluding carboxylic acids is 1. The molecule has 1 saturated carbocycles. The summed E-state index contributed by atoms with van der Waals surface area (Å²) in [6.07, 6.45) is 9.07. The normalized spacial score (nSPS) is 24.7. The molecular weight excluding hydrogens is 364 g/mol. The van der Waals surface area contributed by atoms with Crippen molar-refractivity contribution in [3.63, 3.8) is 0 Å². The lowest BCUT2D eigenvalue weighted by atomic mass is 9.78. The van der Waals surface area contributed by atoms with Crippen LogP contribution in [0.25, 0.3) is 0 Å². The summed E-state index contributed by atoms with van der Waals surface area (Å²) in [5, 5.41) is 0. The number of nitrogens with zero attached hydrogens (tertiary/aromatic N) is 2. The number of benzene rings is 1. The zero-order valence-electron chi connectivity index (χ0n) is 17.9. The maximum atomic E-state index is 11.9. The Morgan fingerprint density at radius 3 is 2.55 bits per heavy atom. The number of Topliss-reactive ketones (excluding diaryl/α,β-unsaturated/α-hetero) is 1. The van der Waals surface area contributed by atoms with Gasteiger partial charge in [-0.2, -0.15) is 0 Å². The number of ketones is 1. The molecule has 1 aromatic carbocycles. The third-order valence-corrected chi connectivity index (χ3v) is 6.95. The lowest BCUT2D eigenvalue weighted by Crippen LogP contribution is -2.47. The molecule has 0 radical (unpaired) electrons. The summed E-state index contributed by atoms with van der Waals surface area (Å²) in [7, 11) is 0. The van der Waals surface area contributed by atoms with Gasteiger partial charge in [0.05, 0.1) is 5.69 Å². The van der Waals surface area contributed by atoms with Gasteiger partial charge in [-0.15, -0.1) is 0 Å². The van der Waals surface area contributed by atoms with Crippen LogP contribution >= 0.6 is 0 Å². The molecule has 0 unspecified atom stereocenters. The highest BCUT2D eigenvalue weighted by Gasteiger charge is 2.26. The van der Waals surface area contributed by atoms with Gasteiger partial charge in [0.25, 0.3) is 0 Å². The van der Waals surface area contributed by atoms with Gasteiger partial charge in [0.2, 0.25) is 6.79 Å². The molecule has 5 heteroatoms. The van der Waals surface area contributed by atoms with Crippen molar-refractivity contribution in [2.45, 2.75) is 58.3 Å². The van der Waals surface area contributed by atoms with Gasteiger partial charge in [0.1, 0.15) is 5.78 Å². The van der Waals surface area contributed by atoms with Crippen molar-refractivity contribution >= 4 is 11.5 Å². The van der Waals surface area contributed by atoms with Crippen LogP contribution in [0, 0.1) is 11.8 Å². The van der Waals surface area contributed by atoms with Gasteiger partial charge in [-0.05, 0) is 56.2 Å². The van der Waals surface area contributed by atoms with Crippen molar-refractivity contribution in [3.8, 4) is 11.5 Å². The van der Waals surface area contributed by atoms with Crippen LogP contribution in [0.4, 0.5) is 5.69 Å². The summed E-state index contributed by atoms with van der Waals surface area (Å²) in [6, 6.07) is 6.19. The molecule has 0 atom stereocenters. The third kappa shape index (κ3) is 5.25. The fourth-order valence-corrected chi connectivity index (χ4v) is 5.17. The molecule has 1 aliphatic carbocycles. The molecule has 3 aliphatic rings. The van der Waals surface area contributed by atoms with Gasteiger partial charge in [-0.25, -0.2) is 0 Å². The first kappa shape index (κ1) is 20.5. The van der Waals surface area contributed by atoms with E-state index < -0.39 is 0 Å². The van der Waals surface area contributed by atoms with Gasteiger partial charge in [-0.3, -0.25) is 9.69 Å². The maximum Gasteiger partial charge on any atom is 0.231 e.